The molecular formula is C31H49N3O6. The van der Waals surface area contributed by atoms with E-state index in [4.69, 9.17) is 19.9 Å². The van der Waals surface area contributed by atoms with Gasteiger partial charge in [-0.2, -0.15) is 0 Å². The van der Waals surface area contributed by atoms with Crippen molar-refractivity contribution in [1.29, 1.82) is 0 Å². The zero-order valence-electron chi connectivity index (χ0n) is 25.2. The molecule has 40 heavy (non-hydrogen) atoms. The summed E-state index contributed by atoms with van der Waals surface area (Å²) in [6, 6.07) is 3.40. The molecule has 0 bridgehead atoms. The summed E-state index contributed by atoms with van der Waals surface area (Å²) in [5.74, 6) is -0.250. The predicted molar refractivity (Wildman–Crippen MR) is 156 cm³/mol. The molecule has 3 atom stereocenters. The molecule has 9 nitrogen and oxygen atoms in total. The molecule has 3 N–H and O–H groups in total. The first-order chi connectivity index (χ1) is 19.0. The van der Waals surface area contributed by atoms with Crippen molar-refractivity contribution < 1.29 is 28.9 Å². The third kappa shape index (κ3) is 7.91. The molecule has 3 unspecified atom stereocenters. The molecule has 0 saturated carbocycles. The maximum Gasteiger partial charge on any atom is 0.308 e. The van der Waals surface area contributed by atoms with Crippen LogP contribution in [0.2, 0.25) is 0 Å². The number of nitrogens with zero attached hydrogens (tertiary/aromatic N) is 2. The number of carboxylic acids is 1. The number of rotatable bonds is 15. The van der Waals surface area contributed by atoms with E-state index in [0.717, 1.165) is 31.2 Å². The lowest BCUT2D eigenvalue weighted by Gasteiger charge is -2.34. The van der Waals surface area contributed by atoms with Gasteiger partial charge in [-0.15, -0.1) is 0 Å². The first-order valence-electron chi connectivity index (χ1n) is 14.6. The van der Waals surface area contributed by atoms with Gasteiger partial charge in [0.1, 0.15) is 0 Å². The van der Waals surface area contributed by atoms with E-state index in [0.29, 0.717) is 49.8 Å². The van der Waals surface area contributed by atoms with Crippen LogP contribution in [0.1, 0.15) is 78.2 Å². The zero-order valence-corrected chi connectivity index (χ0v) is 25.2. The summed E-state index contributed by atoms with van der Waals surface area (Å²) in [6.45, 7) is 13.2. The van der Waals surface area contributed by atoms with Crippen LogP contribution < -0.4 is 19.9 Å². The number of methoxy groups -OCH3 is 1. The molecule has 1 fully saturated rings. The molecule has 0 aliphatic carbocycles. The lowest BCUT2D eigenvalue weighted by atomic mass is 9.77. The Labute approximate surface area is 239 Å². The summed E-state index contributed by atoms with van der Waals surface area (Å²) in [5.41, 5.74) is 7.46. The van der Waals surface area contributed by atoms with E-state index < -0.39 is 11.9 Å². The smallest absolute Gasteiger partial charge is 0.308 e. The number of aliphatic carboxylic acids is 1. The molecular weight excluding hydrogens is 510 g/mol. The molecule has 2 heterocycles. The van der Waals surface area contributed by atoms with Crippen molar-refractivity contribution in [3.05, 3.63) is 29.3 Å². The van der Waals surface area contributed by atoms with E-state index in [2.05, 4.69) is 45.6 Å². The van der Waals surface area contributed by atoms with Crippen LogP contribution in [0.3, 0.4) is 0 Å². The Morgan fingerprint density at radius 1 is 1.20 bits per heavy atom. The van der Waals surface area contributed by atoms with Crippen LogP contribution in [0.5, 0.6) is 17.2 Å². The van der Waals surface area contributed by atoms with E-state index in [1.165, 1.54) is 5.57 Å². The summed E-state index contributed by atoms with van der Waals surface area (Å²) < 4.78 is 16.8. The maximum absolute atomic E-state index is 13.7. The number of ether oxygens (including phenoxy) is 3. The van der Waals surface area contributed by atoms with Gasteiger partial charge in [-0.05, 0) is 69.2 Å². The molecule has 1 saturated heterocycles. The van der Waals surface area contributed by atoms with Crippen LogP contribution in [0.4, 0.5) is 0 Å². The Morgan fingerprint density at radius 3 is 2.55 bits per heavy atom. The van der Waals surface area contributed by atoms with Crippen molar-refractivity contribution in [3.8, 4) is 17.2 Å². The minimum atomic E-state index is -0.861. The van der Waals surface area contributed by atoms with Crippen molar-refractivity contribution in [3.63, 3.8) is 0 Å². The van der Waals surface area contributed by atoms with Crippen LogP contribution in [0.25, 0.3) is 0 Å². The van der Waals surface area contributed by atoms with Crippen LogP contribution in [0.15, 0.2) is 23.8 Å². The van der Waals surface area contributed by atoms with E-state index in [1.807, 2.05) is 17.0 Å². The normalized spacial score (nSPS) is 20.4. The van der Waals surface area contributed by atoms with Gasteiger partial charge >= 0.3 is 5.97 Å². The number of amides is 1. The Balaban J connectivity index is 1.98. The summed E-state index contributed by atoms with van der Waals surface area (Å²) in [6.07, 6.45) is 6.47. The molecule has 9 heteroatoms. The van der Waals surface area contributed by atoms with Gasteiger partial charge < -0.3 is 30.0 Å². The molecule has 3 rings (SSSR count). The fourth-order valence-corrected chi connectivity index (χ4v) is 6.26. The Hall–Kier alpha value is -2.78. The fraction of sp³-hybridized carbons (Fsp3) is 0.677. The summed E-state index contributed by atoms with van der Waals surface area (Å²) in [7, 11) is 1.57. The molecule has 224 valence electrons. The molecule has 1 amide bonds. The number of carbonyl (C=O) groups is 2. The lowest BCUT2D eigenvalue weighted by Crippen LogP contribution is -2.46. The first-order valence-corrected chi connectivity index (χ1v) is 14.6. The SMILES string of the molecule is CCCCN(CCCCN)C(=O)CN1CC(c2cc(OC)c3c(c2)OCO3)C(C(=O)O)C1CC(C)(C)C=C(C)C. The average Bonchev–Trinajstić information content (AvgIpc) is 3.49. The van der Waals surface area contributed by atoms with Gasteiger partial charge in [0.15, 0.2) is 11.5 Å². The third-order valence-electron chi connectivity index (χ3n) is 7.91. The number of hydrogen-bond acceptors (Lipinski definition) is 7. The summed E-state index contributed by atoms with van der Waals surface area (Å²) in [4.78, 5) is 30.7. The van der Waals surface area contributed by atoms with E-state index in [9.17, 15) is 14.7 Å². The Bertz CT molecular complexity index is 1050. The fourth-order valence-electron chi connectivity index (χ4n) is 6.26. The highest BCUT2D eigenvalue weighted by Crippen LogP contribution is 2.48. The van der Waals surface area contributed by atoms with Gasteiger partial charge in [0, 0.05) is 31.6 Å². The Morgan fingerprint density at radius 2 is 1.93 bits per heavy atom. The highest BCUT2D eigenvalue weighted by atomic mass is 16.7. The van der Waals surface area contributed by atoms with Crippen molar-refractivity contribution in [2.75, 3.05) is 46.6 Å². The highest BCUT2D eigenvalue weighted by molar-refractivity contribution is 5.79. The molecule has 0 aromatic heterocycles. The maximum atomic E-state index is 13.7. The number of carbonyl (C=O) groups excluding carboxylic acids is 1. The van der Waals surface area contributed by atoms with Crippen LogP contribution in [-0.4, -0.2) is 79.5 Å². The van der Waals surface area contributed by atoms with Gasteiger partial charge in [-0.25, -0.2) is 0 Å². The highest BCUT2D eigenvalue weighted by Gasteiger charge is 2.49. The van der Waals surface area contributed by atoms with Gasteiger partial charge in [-0.1, -0.05) is 38.8 Å². The van der Waals surface area contributed by atoms with E-state index in [-0.39, 0.29) is 36.6 Å². The van der Waals surface area contributed by atoms with Gasteiger partial charge in [0.25, 0.3) is 0 Å². The monoisotopic (exact) mass is 559 g/mol. The second kappa shape index (κ2) is 14.2. The average molecular weight is 560 g/mol. The number of carboxylic acid groups (broad SMARTS) is 1. The number of hydrogen-bond donors (Lipinski definition) is 2. The third-order valence-corrected chi connectivity index (χ3v) is 7.91. The van der Waals surface area contributed by atoms with Crippen molar-refractivity contribution in [1.82, 2.24) is 9.80 Å². The first kappa shape index (κ1) is 31.7. The van der Waals surface area contributed by atoms with Crippen LogP contribution >= 0.6 is 0 Å². The number of fused-ring (bicyclic) bond motifs is 1. The summed E-state index contributed by atoms with van der Waals surface area (Å²) >= 11 is 0. The number of nitrogens with two attached hydrogens (primary N) is 1. The predicted octanol–water partition coefficient (Wildman–Crippen LogP) is 4.64. The number of unbranched alkanes of at least 4 members (excludes halogenated alkanes) is 2. The van der Waals surface area contributed by atoms with Gasteiger partial charge in [0.2, 0.25) is 18.4 Å². The number of benzene rings is 1. The molecule has 0 radical (unpaired) electrons. The molecule has 0 spiro atoms. The number of likely N-dealkylation sites (tertiary alicyclic amines) is 1. The molecule has 1 aromatic carbocycles. The van der Waals surface area contributed by atoms with Crippen LogP contribution in [0, 0.1) is 11.3 Å². The second-order valence-corrected chi connectivity index (χ2v) is 12.1. The number of allylic oxidation sites excluding steroid dienone is 2. The largest absolute Gasteiger partial charge is 0.493 e. The topological polar surface area (TPSA) is 115 Å². The van der Waals surface area contributed by atoms with Crippen LogP contribution in [-0.2, 0) is 9.59 Å². The summed E-state index contributed by atoms with van der Waals surface area (Å²) in [5, 5.41) is 10.6. The molecule has 1 aromatic rings. The van der Waals surface area contributed by atoms with Gasteiger partial charge in [-0.3, -0.25) is 14.5 Å². The van der Waals surface area contributed by atoms with Crippen molar-refractivity contribution in [2.24, 2.45) is 17.1 Å². The van der Waals surface area contributed by atoms with Gasteiger partial charge in [0.05, 0.1) is 19.6 Å². The lowest BCUT2D eigenvalue weighted by molar-refractivity contribution is -0.144. The quantitative estimate of drug-likeness (QED) is 0.236. The minimum absolute atomic E-state index is 0.0450. The van der Waals surface area contributed by atoms with Crippen molar-refractivity contribution >= 4 is 11.9 Å². The zero-order chi connectivity index (χ0) is 29.4. The molecule has 2 aliphatic rings. The van der Waals surface area contributed by atoms with E-state index >= 15 is 0 Å². The molecule has 2 aliphatic heterocycles. The second-order valence-electron chi connectivity index (χ2n) is 12.1. The van der Waals surface area contributed by atoms with Crippen molar-refractivity contribution in [2.45, 2.75) is 78.7 Å². The Kier molecular flexibility index (Phi) is 11.3. The standard InChI is InChI=1S/C31H49N3O6/c1-7-8-12-33(13-10-9-11-32)27(35)19-34-18-23(22-14-25(38-6)29-26(15-22)39-20-40-29)28(30(36)37)24(34)17-31(4,5)16-21(2)3/h14-16,23-24,28H,7-13,17-20,32H2,1-6H3,(H,36,37). The minimum Gasteiger partial charge on any atom is -0.493 e. The van der Waals surface area contributed by atoms with E-state index in [1.54, 1.807) is 7.11 Å².